The SMILES string of the molecule is O=C1N(CCCC2CC2)C(c2cccs2)NC12CC2. The van der Waals surface area contributed by atoms with Crippen molar-refractivity contribution in [2.75, 3.05) is 6.54 Å². The third kappa shape index (κ3) is 2.11. The number of hydrogen-bond donors (Lipinski definition) is 1. The molecule has 4 rings (SSSR count). The maximum atomic E-state index is 12.6. The zero-order chi connectivity index (χ0) is 12.9. The monoisotopic (exact) mass is 276 g/mol. The molecule has 2 heterocycles. The predicted octanol–water partition coefficient (Wildman–Crippen LogP) is 2.90. The van der Waals surface area contributed by atoms with E-state index in [0.29, 0.717) is 5.91 Å². The number of thiophene rings is 1. The number of carbonyl (C=O) groups excluding carboxylic acids is 1. The van der Waals surface area contributed by atoms with Crippen LogP contribution >= 0.6 is 11.3 Å². The molecule has 0 bridgehead atoms. The number of amides is 1. The van der Waals surface area contributed by atoms with Crippen LogP contribution in [0.5, 0.6) is 0 Å². The molecule has 1 atom stereocenters. The Hall–Kier alpha value is -0.870. The van der Waals surface area contributed by atoms with Gasteiger partial charge in [0.25, 0.3) is 0 Å². The molecule has 3 nitrogen and oxygen atoms in total. The van der Waals surface area contributed by atoms with E-state index in [4.69, 9.17) is 0 Å². The Labute approximate surface area is 118 Å². The summed E-state index contributed by atoms with van der Waals surface area (Å²) in [5.74, 6) is 1.31. The zero-order valence-electron chi connectivity index (χ0n) is 11.1. The number of rotatable bonds is 5. The molecular formula is C15H20N2OS. The Morgan fingerprint density at radius 1 is 1.42 bits per heavy atom. The van der Waals surface area contributed by atoms with Gasteiger partial charge in [-0.25, -0.2) is 0 Å². The van der Waals surface area contributed by atoms with Gasteiger partial charge in [-0.05, 0) is 43.0 Å². The average Bonchev–Trinajstić information content (AvgIpc) is 3.30. The van der Waals surface area contributed by atoms with Gasteiger partial charge in [-0.3, -0.25) is 10.1 Å². The summed E-state index contributed by atoms with van der Waals surface area (Å²) in [4.78, 5) is 15.9. The van der Waals surface area contributed by atoms with Crippen molar-refractivity contribution in [1.82, 2.24) is 10.2 Å². The minimum Gasteiger partial charge on any atom is -0.320 e. The highest BCUT2D eigenvalue weighted by Gasteiger charge is 2.59. The fraction of sp³-hybridized carbons (Fsp3) is 0.667. The first-order valence-corrected chi connectivity index (χ1v) is 8.29. The van der Waals surface area contributed by atoms with Gasteiger partial charge in [-0.2, -0.15) is 0 Å². The van der Waals surface area contributed by atoms with Gasteiger partial charge in [-0.15, -0.1) is 11.3 Å². The van der Waals surface area contributed by atoms with Gasteiger partial charge in [0.05, 0.1) is 0 Å². The highest BCUT2D eigenvalue weighted by Crippen LogP contribution is 2.46. The van der Waals surface area contributed by atoms with Gasteiger partial charge < -0.3 is 4.90 Å². The molecule has 2 aliphatic carbocycles. The number of hydrogen-bond acceptors (Lipinski definition) is 3. The summed E-state index contributed by atoms with van der Waals surface area (Å²) in [5, 5.41) is 5.68. The summed E-state index contributed by atoms with van der Waals surface area (Å²) in [6.45, 7) is 0.923. The van der Waals surface area contributed by atoms with E-state index in [1.807, 2.05) is 0 Å². The van der Waals surface area contributed by atoms with Gasteiger partial charge in [0, 0.05) is 11.4 Å². The molecule has 1 amide bonds. The highest BCUT2D eigenvalue weighted by atomic mass is 32.1. The molecule has 1 aliphatic heterocycles. The normalized spacial score (nSPS) is 28.3. The minimum atomic E-state index is -0.186. The zero-order valence-corrected chi connectivity index (χ0v) is 11.9. The van der Waals surface area contributed by atoms with E-state index < -0.39 is 0 Å². The van der Waals surface area contributed by atoms with Crippen LogP contribution in [0.25, 0.3) is 0 Å². The largest absolute Gasteiger partial charge is 0.320 e. The summed E-state index contributed by atoms with van der Waals surface area (Å²) in [6, 6.07) is 4.22. The van der Waals surface area contributed by atoms with E-state index in [9.17, 15) is 4.79 Å². The van der Waals surface area contributed by atoms with E-state index in [1.54, 1.807) is 11.3 Å². The Bertz CT molecular complexity index is 476. The van der Waals surface area contributed by atoms with Crippen molar-refractivity contribution < 1.29 is 4.79 Å². The lowest BCUT2D eigenvalue weighted by atomic mass is 10.2. The van der Waals surface area contributed by atoms with Crippen LogP contribution < -0.4 is 5.32 Å². The van der Waals surface area contributed by atoms with Crippen molar-refractivity contribution in [3.05, 3.63) is 22.4 Å². The third-order valence-corrected chi connectivity index (χ3v) is 5.59. The van der Waals surface area contributed by atoms with Crippen LogP contribution in [0.1, 0.15) is 49.6 Å². The predicted molar refractivity (Wildman–Crippen MR) is 75.8 cm³/mol. The van der Waals surface area contributed by atoms with Crippen LogP contribution in [-0.4, -0.2) is 22.9 Å². The van der Waals surface area contributed by atoms with E-state index >= 15 is 0 Å². The summed E-state index contributed by atoms with van der Waals surface area (Å²) < 4.78 is 0. The third-order valence-electron chi connectivity index (χ3n) is 4.67. The van der Waals surface area contributed by atoms with Crippen molar-refractivity contribution in [3.63, 3.8) is 0 Å². The van der Waals surface area contributed by atoms with Crippen LogP contribution in [0.3, 0.4) is 0 Å². The second-order valence-corrected chi connectivity index (χ2v) is 7.21. The molecule has 0 aromatic carbocycles. The van der Waals surface area contributed by atoms with E-state index in [2.05, 4.69) is 27.7 Å². The topological polar surface area (TPSA) is 32.3 Å². The van der Waals surface area contributed by atoms with Crippen LogP contribution in [0.15, 0.2) is 17.5 Å². The second kappa shape index (κ2) is 4.32. The number of nitrogens with one attached hydrogen (secondary N) is 1. The molecule has 3 aliphatic rings. The summed E-state index contributed by atoms with van der Waals surface area (Å²) in [5.41, 5.74) is -0.186. The van der Waals surface area contributed by atoms with E-state index in [1.165, 1.54) is 24.1 Å². The molecule has 102 valence electrons. The fourth-order valence-corrected chi connectivity index (χ4v) is 3.92. The van der Waals surface area contributed by atoms with Gasteiger partial charge in [0.2, 0.25) is 5.91 Å². The summed E-state index contributed by atoms with van der Waals surface area (Å²) in [6.07, 6.45) is 7.45. The van der Waals surface area contributed by atoms with Crippen LogP contribution in [0.2, 0.25) is 0 Å². The smallest absolute Gasteiger partial charge is 0.244 e. The molecule has 1 spiro atoms. The Morgan fingerprint density at radius 3 is 2.89 bits per heavy atom. The quantitative estimate of drug-likeness (QED) is 0.897. The fourth-order valence-electron chi connectivity index (χ4n) is 3.14. The maximum absolute atomic E-state index is 12.6. The molecule has 0 radical (unpaired) electrons. The molecule has 1 N–H and O–H groups in total. The van der Waals surface area contributed by atoms with Crippen molar-refractivity contribution in [2.45, 2.75) is 50.2 Å². The van der Waals surface area contributed by atoms with Crippen LogP contribution in [-0.2, 0) is 4.79 Å². The first kappa shape index (κ1) is 11.9. The molecule has 1 unspecified atom stereocenters. The van der Waals surface area contributed by atoms with Crippen molar-refractivity contribution >= 4 is 17.2 Å². The second-order valence-electron chi connectivity index (χ2n) is 6.23. The standard InChI is InChI=1S/C15H20N2OS/c18-14-15(7-8-15)16-13(12-4-2-10-19-12)17(14)9-1-3-11-5-6-11/h2,4,10-11,13,16H,1,3,5-9H2. The lowest BCUT2D eigenvalue weighted by Gasteiger charge is -2.23. The molecule has 3 fully saturated rings. The Kier molecular flexibility index (Phi) is 2.71. The lowest BCUT2D eigenvalue weighted by molar-refractivity contribution is -0.130. The van der Waals surface area contributed by atoms with Crippen LogP contribution in [0, 0.1) is 5.92 Å². The van der Waals surface area contributed by atoms with Gasteiger partial charge in [0.15, 0.2) is 0 Å². The summed E-state index contributed by atoms with van der Waals surface area (Å²) in [7, 11) is 0. The first-order chi connectivity index (χ1) is 9.28. The molecule has 1 aromatic rings. The number of nitrogens with zero attached hydrogens (tertiary/aromatic N) is 1. The number of carbonyl (C=O) groups is 1. The van der Waals surface area contributed by atoms with Gasteiger partial charge in [-0.1, -0.05) is 18.9 Å². The highest BCUT2D eigenvalue weighted by molar-refractivity contribution is 7.10. The van der Waals surface area contributed by atoms with Crippen LogP contribution in [0.4, 0.5) is 0 Å². The molecule has 19 heavy (non-hydrogen) atoms. The van der Waals surface area contributed by atoms with Crippen molar-refractivity contribution in [1.29, 1.82) is 0 Å². The van der Waals surface area contributed by atoms with Gasteiger partial charge >= 0.3 is 0 Å². The van der Waals surface area contributed by atoms with Crippen molar-refractivity contribution in [2.24, 2.45) is 5.92 Å². The molecular weight excluding hydrogens is 256 g/mol. The Morgan fingerprint density at radius 2 is 2.26 bits per heavy atom. The molecule has 1 saturated heterocycles. The van der Waals surface area contributed by atoms with Gasteiger partial charge in [0.1, 0.15) is 11.7 Å². The lowest BCUT2D eigenvalue weighted by Crippen LogP contribution is -2.33. The van der Waals surface area contributed by atoms with E-state index in [0.717, 1.165) is 31.7 Å². The van der Waals surface area contributed by atoms with Crippen molar-refractivity contribution in [3.8, 4) is 0 Å². The molecule has 2 saturated carbocycles. The summed E-state index contributed by atoms with van der Waals surface area (Å²) >= 11 is 1.75. The molecule has 4 heteroatoms. The maximum Gasteiger partial charge on any atom is 0.244 e. The minimum absolute atomic E-state index is 0.134. The molecule has 1 aromatic heterocycles. The first-order valence-electron chi connectivity index (χ1n) is 7.41. The van der Waals surface area contributed by atoms with E-state index in [-0.39, 0.29) is 11.7 Å². The Balaban J connectivity index is 1.48. The average molecular weight is 276 g/mol.